The summed E-state index contributed by atoms with van der Waals surface area (Å²) in [5, 5.41) is 17.9. The van der Waals surface area contributed by atoms with E-state index in [1.54, 1.807) is 11.3 Å². The Morgan fingerprint density at radius 2 is 2.26 bits per heavy atom. The lowest BCUT2D eigenvalue weighted by Crippen LogP contribution is -2.18. The molecular formula is C13H13FN2O2S. The standard InChI is InChI=1S/C13H13FN2O2S/c1-9(6-10-4-5-19-8-10)15-12-7-11(14)2-3-13(12)16(17)18/h2-5,7-9,15H,6H2,1H3. The Morgan fingerprint density at radius 3 is 2.89 bits per heavy atom. The number of nitro groups is 1. The van der Waals surface area contributed by atoms with Gasteiger partial charge < -0.3 is 5.32 Å². The molecule has 4 nitrogen and oxygen atoms in total. The van der Waals surface area contributed by atoms with Crippen LogP contribution < -0.4 is 5.32 Å². The van der Waals surface area contributed by atoms with Gasteiger partial charge in [-0.1, -0.05) is 0 Å². The number of nitrogens with one attached hydrogen (secondary N) is 1. The minimum Gasteiger partial charge on any atom is -0.377 e. The van der Waals surface area contributed by atoms with E-state index < -0.39 is 10.7 Å². The van der Waals surface area contributed by atoms with Crippen molar-refractivity contribution in [1.29, 1.82) is 0 Å². The molecule has 0 aliphatic heterocycles. The third kappa shape index (κ3) is 3.51. The highest BCUT2D eigenvalue weighted by Crippen LogP contribution is 2.26. The topological polar surface area (TPSA) is 55.2 Å². The minimum absolute atomic E-state index is 0.0184. The molecule has 0 spiro atoms. The first-order chi connectivity index (χ1) is 9.06. The van der Waals surface area contributed by atoms with E-state index in [0.717, 1.165) is 24.1 Å². The van der Waals surface area contributed by atoms with Crippen molar-refractivity contribution in [1.82, 2.24) is 0 Å². The van der Waals surface area contributed by atoms with E-state index in [4.69, 9.17) is 0 Å². The van der Waals surface area contributed by atoms with Gasteiger partial charge in [0.15, 0.2) is 0 Å². The van der Waals surface area contributed by atoms with Gasteiger partial charge >= 0.3 is 0 Å². The Balaban J connectivity index is 2.13. The molecule has 0 amide bonds. The Kier molecular flexibility index (Phi) is 4.11. The maximum atomic E-state index is 13.2. The average molecular weight is 280 g/mol. The number of hydrogen-bond acceptors (Lipinski definition) is 4. The van der Waals surface area contributed by atoms with Crippen LogP contribution in [0.1, 0.15) is 12.5 Å². The average Bonchev–Trinajstić information content (AvgIpc) is 2.81. The van der Waals surface area contributed by atoms with Crippen LogP contribution in [0.4, 0.5) is 15.8 Å². The van der Waals surface area contributed by atoms with Crippen LogP contribution in [-0.2, 0) is 6.42 Å². The summed E-state index contributed by atoms with van der Waals surface area (Å²) in [7, 11) is 0. The highest BCUT2D eigenvalue weighted by Gasteiger charge is 2.16. The third-order valence-corrected chi connectivity index (χ3v) is 3.41. The molecule has 2 rings (SSSR count). The maximum absolute atomic E-state index is 13.2. The number of hydrogen-bond donors (Lipinski definition) is 1. The van der Waals surface area contributed by atoms with Crippen molar-refractivity contribution in [2.24, 2.45) is 0 Å². The summed E-state index contributed by atoms with van der Waals surface area (Å²) in [6.45, 7) is 1.91. The van der Waals surface area contributed by atoms with E-state index >= 15 is 0 Å². The first kappa shape index (κ1) is 13.5. The van der Waals surface area contributed by atoms with E-state index in [1.165, 1.54) is 6.07 Å². The molecule has 1 atom stereocenters. The second-order valence-corrected chi connectivity index (χ2v) is 5.08. The Morgan fingerprint density at radius 1 is 1.47 bits per heavy atom. The lowest BCUT2D eigenvalue weighted by Gasteiger charge is -2.14. The highest BCUT2D eigenvalue weighted by molar-refractivity contribution is 7.07. The summed E-state index contributed by atoms with van der Waals surface area (Å²) in [5.74, 6) is -0.490. The number of halogens is 1. The Hall–Kier alpha value is -1.95. The number of anilines is 1. The van der Waals surface area contributed by atoms with Crippen molar-refractivity contribution in [2.45, 2.75) is 19.4 Å². The fourth-order valence-corrected chi connectivity index (χ4v) is 2.54. The van der Waals surface area contributed by atoms with Gasteiger partial charge in [0.1, 0.15) is 11.5 Å². The van der Waals surface area contributed by atoms with Crippen LogP contribution in [0.5, 0.6) is 0 Å². The van der Waals surface area contributed by atoms with Crippen LogP contribution >= 0.6 is 11.3 Å². The van der Waals surface area contributed by atoms with Crippen LogP contribution in [-0.4, -0.2) is 11.0 Å². The largest absolute Gasteiger partial charge is 0.377 e. The number of nitrogens with zero attached hydrogens (tertiary/aromatic N) is 1. The third-order valence-electron chi connectivity index (χ3n) is 2.68. The lowest BCUT2D eigenvalue weighted by molar-refractivity contribution is -0.384. The van der Waals surface area contributed by atoms with Crippen molar-refractivity contribution in [3.63, 3.8) is 0 Å². The summed E-state index contributed by atoms with van der Waals surface area (Å²) in [6.07, 6.45) is 0.733. The molecule has 0 aliphatic rings. The van der Waals surface area contributed by atoms with Gasteiger partial charge in [0, 0.05) is 18.2 Å². The first-order valence-corrected chi connectivity index (χ1v) is 6.72. The highest BCUT2D eigenvalue weighted by atomic mass is 32.1. The predicted octanol–water partition coefficient (Wildman–Crippen LogP) is 3.84. The van der Waals surface area contributed by atoms with E-state index in [2.05, 4.69) is 5.32 Å². The summed E-state index contributed by atoms with van der Waals surface area (Å²) in [6, 6.07) is 5.41. The van der Waals surface area contributed by atoms with Gasteiger partial charge in [-0.05, 0) is 41.8 Å². The van der Waals surface area contributed by atoms with Crippen LogP contribution in [0.2, 0.25) is 0 Å². The summed E-state index contributed by atoms with van der Waals surface area (Å²) in [5.41, 5.74) is 1.26. The van der Waals surface area contributed by atoms with Crippen LogP contribution in [0.15, 0.2) is 35.0 Å². The maximum Gasteiger partial charge on any atom is 0.292 e. The van der Waals surface area contributed by atoms with Gasteiger partial charge in [-0.2, -0.15) is 11.3 Å². The number of thiophene rings is 1. The second-order valence-electron chi connectivity index (χ2n) is 4.30. The molecule has 2 aromatic rings. The summed E-state index contributed by atoms with van der Waals surface area (Å²) in [4.78, 5) is 10.4. The monoisotopic (exact) mass is 280 g/mol. The fraction of sp³-hybridized carbons (Fsp3) is 0.231. The molecule has 19 heavy (non-hydrogen) atoms. The molecule has 1 unspecified atom stereocenters. The predicted molar refractivity (Wildman–Crippen MR) is 74.2 cm³/mol. The Bertz CT molecular complexity index is 572. The van der Waals surface area contributed by atoms with Crippen molar-refractivity contribution in [3.8, 4) is 0 Å². The van der Waals surface area contributed by atoms with E-state index in [-0.39, 0.29) is 17.4 Å². The van der Waals surface area contributed by atoms with Gasteiger partial charge in [-0.15, -0.1) is 0 Å². The van der Waals surface area contributed by atoms with Crippen LogP contribution in [0, 0.1) is 15.9 Å². The zero-order chi connectivity index (χ0) is 13.8. The number of nitro benzene ring substituents is 1. The number of rotatable bonds is 5. The van der Waals surface area contributed by atoms with E-state index in [9.17, 15) is 14.5 Å². The minimum atomic E-state index is -0.515. The quantitative estimate of drug-likeness (QED) is 0.668. The molecule has 6 heteroatoms. The number of benzene rings is 1. The molecule has 1 aromatic heterocycles. The van der Waals surface area contributed by atoms with Crippen molar-refractivity contribution in [3.05, 3.63) is 56.5 Å². The van der Waals surface area contributed by atoms with Crippen LogP contribution in [0.3, 0.4) is 0 Å². The summed E-state index contributed by atoms with van der Waals surface area (Å²) >= 11 is 1.60. The molecule has 0 bridgehead atoms. The van der Waals surface area contributed by atoms with E-state index in [1.807, 2.05) is 23.8 Å². The summed E-state index contributed by atoms with van der Waals surface area (Å²) < 4.78 is 13.2. The smallest absolute Gasteiger partial charge is 0.292 e. The zero-order valence-corrected chi connectivity index (χ0v) is 11.1. The SMILES string of the molecule is CC(Cc1ccsc1)Nc1cc(F)ccc1[N+](=O)[O-]. The fourth-order valence-electron chi connectivity index (χ4n) is 1.86. The molecule has 0 radical (unpaired) electrons. The van der Waals surface area contributed by atoms with Crippen LogP contribution in [0.25, 0.3) is 0 Å². The Labute approximate surface area is 114 Å². The normalized spacial score (nSPS) is 12.1. The van der Waals surface area contributed by atoms with Gasteiger partial charge in [-0.25, -0.2) is 4.39 Å². The molecule has 1 N–H and O–H groups in total. The van der Waals surface area contributed by atoms with Crippen molar-refractivity contribution in [2.75, 3.05) is 5.32 Å². The molecule has 100 valence electrons. The van der Waals surface area contributed by atoms with Gasteiger partial charge in [0.05, 0.1) is 4.92 Å². The second kappa shape index (κ2) is 5.79. The molecule has 0 aliphatic carbocycles. The van der Waals surface area contributed by atoms with Crippen molar-refractivity contribution < 1.29 is 9.31 Å². The molecule has 1 aromatic carbocycles. The van der Waals surface area contributed by atoms with Gasteiger partial charge in [0.2, 0.25) is 0 Å². The first-order valence-electron chi connectivity index (χ1n) is 5.78. The van der Waals surface area contributed by atoms with Gasteiger partial charge in [0.25, 0.3) is 5.69 Å². The molecule has 0 saturated heterocycles. The lowest BCUT2D eigenvalue weighted by atomic mass is 10.1. The van der Waals surface area contributed by atoms with Crippen molar-refractivity contribution >= 4 is 22.7 Å². The molecule has 0 fully saturated rings. The molecular weight excluding hydrogens is 267 g/mol. The van der Waals surface area contributed by atoms with Gasteiger partial charge in [-0.3, -0.25) is 10.1 Å². The molecule has 1 heterocycles. The van der Waals surface area contributed by atoms with E-state index in [0.29, 0.717) is 0 Å². The zero-order valence-electron chi connectivity index (χ0n) is 10.3. The molecule has 0 saturated carbocycles.